The smallest absolute Gasteiger partial charge is 0.145 e. The summed E-state index contributed by atoms with van der Waals surface area (Å²) in [5.74, 6) is 2.46. The van der Waals surface area contributed by atoms with Gasteiger partial charge in [0, 0.05) is 18.8 Å². The fraction of sp³-hybridized carbons (Fsp3) is 0.273. The van der Waals surface area contributed by atoms with Crippen LogP contribution in [0.1, 0.15) is 18.4 Å². The number of ketones is 1. The van der Waals surface area contributed by atoms with E-state index in [0.29, 0.717) is 6.42 Å². The van der Waals surface area contributed by atoms with E-state index in [4.69, 9.17) is 6.42 Å². The van der Waals surface area contributed by atoms with Crippen LogP contribution in [0, 0.1) is 12.3 Å². The van der Waals surface area contributed by atoms with Gasteiger partial charge in [-0.3, -0.25) is 9.78 Å². The van der Waals surface area contributed by atoms with Crippen LogP contribution in [0.3, 0.4) is 0 Å². The number of aryl methyl sites for hydroxylation is 1. The number of hydrogen-bond donors (Lipinski definition) is 0. The summed E-state index contributed by atoms with van der Waals surface area (Å²) in [5, 5.41) is 0. The summed E-state index contributed by atoms with van der Waals surface area (Å²) in [5.41, 5.74) is 1.08. The lowest BCUT2D eigenvalue weighted by molar-refractivity contribution is -0.118. The van der Waals surface area contributed by atoms with Crippen molar-refractivity contribution in [2.45, 2.75) is 19.3 Å². The molecule has 0 saturated carbocycles. The molecule has 2 heteroatoms. The van der Waals surface area contributed by atoms with E-state index in [1.165, 1.54) is 0 Å². The summed E-state index contributed by atoms with van der Waals surface area (Å²) < 4.78 is 0. The average Bonchev–Trinajstić information content (AvgIpc) is 2.17. The Kier molecular flexibility index (Phi) is 3.72. The Bertz CT molecular complexity index is 311. The number of Topliss-reactive ketones (excluding diaryl/α,β-unsaturated/α-hetero) is 1. The summed E-state index contributed by atoms with van der Waals surface area (Å²) >= 11 is 0. The van der Waals surface area contributed by atoms with Crippen molar-refractivity contribution in [3.8, 4) is 12.3 Å². The minimum Gasteiger partial charge on any atom is -0.299 e. The van der Waals surface area contributed by atoms with Crippen molar-refractivity contribution < 1.29 is 4.79 Å². The van der Waals surface area contributed by atoms with Crippen LogP contribution in [0.5, 0.6) is 0 Å². The maximum atomic E-state index is 11.1. The van der Waals surface area contributed by atoms with Crippen LogP contribution in [-0.2, 0) is 11.2 Å². The van der Waals surface area contributed by atoms with E-state index in [0.717, 1.165) is 12.0 Å². The number of carbonyl (C=O) groups is 1. The summed E-state index contributed by atoms with van der Waals surface area (Å²) in [6.07, 6.45) is 9.97. The first-order chi connectivity index (χ1) is 6.33. The van der Waals surface area contributed by atoms with E-state index in [2.05, 4.69) is 10.9 Å². The van der Waals surface area contributed by atoms with Gasteiger partial charge in [-0.05, 0) is 18.1 Å². The summed E-state index contributed by atoms with van der Waals surface area (Å²) in [7, 11) is 0. The highest BCUT2D eigenvalue weighted by Gasteiger charge is 1.99. The van der Waals surface area contributed by atoms with Crippen LogP contribution >= 0.6 is 0 Å². The zero-order chi connectivity index (χ0) is 9.52. The Balaban J connectivity index is 2.36. The molecule has 1 heterocycles. The maximum Gasteiger partial charge on any atom is 0.145 e. The molecule has 13 heavy (non-hydrogen) atoms. The molecular weight excluding hydrogens is 162 g/mol. The molecule has 0 amide bonds. The Labute approximate surface area is 78.0 Å². The largest absolute Gasteiger partial charge is 0.299 e. The predicted molar refractivity (Wildman–Crippen MR) is 51.0 cm³/mol. The SMILES string of the molecule is C#CCC(=O)CCc1cccnc1. The third kappa shape index (κ3) is 3.53. The minimum absolute atomic E-state index is 0.117. The van der Waals surface area contributed by atoms with Crippen molar-refractivity contribution in [3.05, 3.63) is 30.1 Å². The van der Waals surface area contributed by atoms with Gasteiger partial charge in [0.1, 0.15) is 5.78 Å². The number of pyridine rings is 1. The molecule has 66 valence electrons. The van der Waals surface area contributed by atoms with Crippen molar-refractivity contribution >= 4 is 5.78 Å². The molecule has 0 spiro atoms. The third-order valence-corrected chi connectivity index (χ3v) is 1.71. The normalized spacial score (nSPS) is 9.15. The van der Waals surface area contributed by atoms with Gasteiger partial charge < -0.3 is 0 Å². The van der Waals surface area contributed by atoms with Gasteiger partial charge in [0.05, 0.1) is 6.42 Å². The molecule has 1 rings (SSSR count). The lowest BCUT2D eigenvalue weighted by atomic mass is 10.1. The summed E-state index contributed by atoms with van der Waals surface area (Å²) in [6, 6.07) is 3.82. The fourth-order valence-corrected chi connectivity index (χ4v) is 1.03. The third-order valence-electron chi connectivity index (χ3n) is 1.71. The summed E-state index contributed by atoms with van der Waals surface area (Å²) in [4.78, 5) is 15.0. The van der Waals surface area contributed by atoms with Crippen molar-refractivity contribution in [2.75, 3.05) is 0 Å². The zero-order valence-electron chi connectivity index (χ0n) is 7.36. The molecule has 0 N–H and O–H groups in total. The van der Waals surface area contributed by atoms with Crippen molar-refractivity contribution in [3.63, 3.8) is 0 Å². The van der Waals surface area contributed by atoms with E-state index in [1.54, 1.807) is 12.4 Å². The van der Waals surface area contributed by atoms with Gasteiger partial charge in [-0.1, -0.05) is 12.0 Å². The van der Waals surface area contributed by atoms with E-state index in [-0.39, 0.29) is 12.2 Å². The minimum atomic E-state index is 0.117. The lowest BCUT2D eigenvalue weighted by Gasteiger charge is -1.97. The zero-order valence-corrected chi connectivity index (χ0v) is 7.36. The quantitative estimate of drug-likeness (QED) is 0.647. The molecule has 0 unspecified atom stereocenters. The molecular formula is C11H11NO. The molecule has 0 saturated heterocycles. The molecule has 0 aliphatic rings. The first kappa shape index (κ1) is 9.47. The second-order valence-electron chi connectivity index (χ2n) is 2.78. The Hall–Kier alpha value is -1.62. The average molecular weight is 173 g/mol. The van der Waals surface area contributed by atoms with Gasteiger partial charge in [0.2, 0.25) is 0 Å². The molecule has 0 aromatic carbocycles. The van der Waals surface area contributed by atoms with E-state index >= 15 is 0 Å². The number of rotatable bonds is 4. The van der Waals surface area contributed by atoms with Gasteiger partial charge in [0.15, 0.2) is 0 Å². The topological polar surface area (TPSA) is 30.0 Å². The maximum absolute atomic E-state index is 11.1. The molecule has 1 aromatic heterocycles. The first-order valence-electron chi connectivity index (χ1n) is 4.17. The molecule has 0 aliphatic carbocycles. The molecule has 0 fully saturated rings. The highest BCUT2D eigenvalue weighted by Crippen LogP contribution is 2.01. The molecule has 2 nitrogen and oxygen atoms in total. The van der Waals surface area contributed by atoms with E-state index in [1.807, 2.05) is 12.1 Å². The van der Waals surface area contributed by atoms with Gasteiger partial charge >= 0.3 is 0 Å². The molecule has 0 aliphatic heterocycles. The van der Waals surface area contributed by atoms with Crippen LogP contribution in [0.25, 0.3) is 0 Å². The summed E-state index contributed by atoms with van der Waals surface area (Å²) in [6.45, 7) is 0. The van der Waals surface area contributed by atoms with Crippen LogP contribution in [0.15, 0.2) is 24.5 Å². The van der Waals surface area contributed by atoms with Crippen LogP contribution in [0.2, 0.25) is 0 Å². The van der Waals surface area contributed by atoms with Crippen molar-refractivity contribution in [2.24, 2.45) is 0 Å². The van der Waals surface area contributed by atoms with Crippen molar-refractivity contribution in [1.82, 2.24) is 4.98 Å². The van der Waals surface area contributed by atoms with Crippen molar-refractivity contribution in [1.29, 1.82) is 0 Å². The standard InChI is InChI=1S/C11H11NO/c1-2-4-11(13)7-6-10-5-3-8-12-9-10/h1,3,5,8-9H,4,6-7H2. The number of carbonyl (C=O) groups excluding carboxylic acids is 1. The molecule has 1 aromatic rings. The highest BCUT2D eigenvalue weighted by molar-refractivity contribution is 5.80. The van der Waals surface area contributed by atoms with Crippen LogP contribution in [0.4, 0.5) is 0 Å². The number of terminal acetylenes is 1. The van der Waals surface area contributed by atoms with Crippen LogP contribution < -0.4 is 0 Å². The Morgan fingerprint density at radius 3 is 3.08 bits per heavy atom. The Morgan fingerprint density at radius 1 is 1.62 bits per heavy atom. The van der Waals surface area contributed by atoms with Gasteiger partial charge in [-0.25, -0.2) is 0 Å². The van der Waals surface area contributed by atoms with Gasteiger partial charge in [-0.15, -0.1) is 6.42 Å². The van der Waals surface area contributed by atoms with Crippen LogP contribution in [-0.4, -0.2) is 10.8 Å². The monoisotopic (exact) mass is 173 g/mol. The lowest BCUT2D eigenvalue weighted by Crippen LogP contribution is -1.98. The van der Waals surface area contributed by atoms with E-state index in [9.17, 15) is 4.79 Å². The first-order valence-corrected chi connectivity index (χ1v) is 4.17. The molecule has 0 atom stereocenters. The number of aromatic nitrogens is 1. The fourth-order valence-electron chi connectivity index (χ4n) is 1.03. The number of hydrogen-bond acceptors (Lipinski definition) is 2. The predicted octanol–water partition coefficient (Wildman–Crippen LogP) is 1.61. The van der Waals surface area contributed by atoms with Gasteiger partial charge in [-0.2, -0.15) is 0 Å². The van der Waals surface area contributed by atoms with E-state index < -0.39 is 0 Å². The highest BCUT2D eigenvalue weighted by atomic mass is 16.1. The molecule has 0 radical (unpaired) electrons. The Morgan fingerprint density at radius 2 is 2.46 bits per heavy atom. The molecule has 0 bridgehead atoms. The second-order valence-corrected chi connectivity index (χ2v) is 2.78. The van der Waals surface area contributed by atoms with Gasteiger partial charge in [0.25, 0.3) is 0 Å². The number of nitrogens with zero attached hydrogens (tertiary/aromatic N) is 1. The second kappa shape index (κ2) is 5.10.